The van der Waals surface area contributed by atoms with Crippen LogP contribution >= 0.6 is 15.9 Å². The van der Waals surface area contributed by atoms with Gasteiger partial charge in [0.25, 0.3) is 0 Å². The van der Waals surface area contributed by atoms with Crippen LogP contribution in [0.2, 0.25) is 0 Å². The van der Waals surface area contributed by atoms with Gasteiger partial charge >= 0.3 is 0 Å². The number of aryl methyl sites for hydroxylation is 1. The Hall–Kier alpha value is -2.14. The highest BCUT2D eigenvalue weighted by Crippen LogP contribution is 2.23. The maximum atomic E-state index is 11.9. The molecule has 0 bridgehead atoms. The van der Waals surface area contributed by atoms with E-state index in [2.05, 4.69) is 26.6 Å². The number of carbonyl (C=O) groups excluding carboxylic acids is 2. The number of rotatable bonds is 5. The molecule has 5 heteroatoms. The largest absolute Gasteiger partial charge is 0.347 e. The number of halogens is 1. The van der Waals surface area contributed by atoms with Gasteiger partial charge in [-0.25, -0.2) is 0 Å². The Balaban J connectivity index is 1.81. The van der Waals surface area contributed by atoms with E-state index in [1.807, 2.05) is 55.5 Å². The number of amides is 2. The van der Waals surface area contributed by atoms with Crippen molar-refractivity contribution in [1.29, 1.82) is 0 Å². The van der Waals surface area contributed by atoms with Gasteiger partial charge in [-0.1, -0.05) is 36.4 Å². The number of hydrogen-bond acceptors (Lipinski definition) is 2. The van der Waals surface area contributed by atoms with Gasteiger partial charge in [0.05, 0.1) is 18.7 Å². The summed E-state index contributed by atoms with van der Waals surface area (Å²) in [5.74, 6) is -0.435. The van der Waals surface area contributed by atoms with Crippen molar-refractivity contribution in [3.8, 4) is 0 Å². The Kier molecular flexibility index (Phi) is 5.72. The van der Waals surface area contributed by atoms with Crippen molar-refractivity contribution in [3.63, 3.8) is 0 Å². The average Bonchev–Trinajstić information content (AvgIpc) is 2.49. The van der Waals surface area contributed by atoms with E-state index in [1.54, 1.807) is 0 Å². The Morgan fingerprint density at radius 1 is 1.05 bits per heavy atom. The predicted molar refractivity (Wildman–Crippen MR) is 90.7 cm³/mol. The van der Waals surface area contributed by atoms with Crippen molar-refractivity contribution in [1.82, 2.24) is 5.32 Å². The van der Waals surface area contributed by atoms with Gasteiger partial charge in [0.1, 0.15) is 0 Å². The zero-order chi connectivity index (χ0) is 15.9. The molecule has 0 radical (unpaired) electrons. The van der Waals surface area contributed by atoms with Crippen molar-refractivity contribution in [2.45, 2.75) is 13.3 Å². The quantitative estimate of drug-likeness (QED) is 0.860. The molecular formula is C17H17BrN2O2. The van der Waals surface area contributed by atoms with E-state index >= 15 is 0 Å². The zero-order valence-corrected chi connectivity index (χ0v) is 13.8. The second kappa shape index (κ2) is 7.75. The maximum Gasteiger partial charge on any atom is 0.243 e. The fourth-order valence-corrected chi connectivity index (χ4v) is 2.53. The number of anilines is 1. The van der Waals surface area contributed by atoms with E-state index < -0.39 is 0 Å². The van der Waals surface area contributed by atoms with Crippen LogP contribution in [0.25, 0.3) is 0 Å². The summed E-state index contributed by atoms with van der Waals surface area (Å²) in [5, 5.41) is 5.37. The molecule has 0 spiro atoms. The smallest absolute Gasteiger partial charge is 0.243 e. The zero-order valence-electron chi connectivity index (χ0n) is 12.2. The number of carbonyl (C=O) groups is 2. The van der Waals surface area contributed by atoms with Crippen molar-refractivity contribution >= 4 is 33.4 Å². The summed E-state index contributed by atoms with van der Waals surface area (Å²) in [5.41, 5.74) is 2.70. The highest BCUT2D eigenvalue weighted by atomic mass is 79.9. The lowest BCUT2D eigenvalue weighted by atomic mass is 10.1. The van der Waals surface area contributed by atoms with Gasteiger partial charge in [-0.3, -0.25) is 9.59 Å². The molecule has 2 N–H and O–H groups in total. The summed E-state index contributed by atoms with van der Waals surface area (Å²) >= 11 is 3.40. The first-order valence-electron chi connectivity index (χ1n) is 6.91. The van der Waals surface area contributed by atoms with E-state index in [-0.39, 0.29) is 24.8 Å². The van der Waals surface area contributed by atoms with Crippen LogP contribution in [-0.2, 0) is 16.0 Å². The molecule has 2 amide bonds. The monoisotopic (exact) mass is 360 g/mol. The summed E-state index contributed by atoms with van der Waals surface area (Å²) < 4.78 is 0.816. The summed E-state index contributed by atoms with van der Waals surface area (Å²) in [4.78, 5) is 23.6. The summed E-state index contributed by atoms with van der Waals surface area (Å²) in [7, 11) is 0. The molecule has 0 fully saturated rings. The Labute approximate surface area is 138 Å². The minimum atomic E-state index is -0.258. The minimum absolute atomic E-state index is 0.0496. The van der Waals surface area contributed by atoms with Crippen LogP contribution < -0.4 is 10.6 Å². The van der Waals surface area contributed by atoms with E-state index in [0.717, 1.165) is 15.6 Å². The first kappa shape index (κ1) is 16.2. The molecule has 0 saturated heterocycles. The molecule has 0 aliphatic rings. The lowest BCUT2D eigenvalue weighted by Gasteiger charge is -2.09. The van der Waals surface area contributed by atoms with Gasteiger partial charge in [0.15, 0.2) is 0 Å². The molecule has 0 aromatic heterocycles. The van der Waals surface area contributed by atoms with Crippen LogP contribution in [0, 0.1) is 6.92 Å². The summed E-state index contributed by atoms with van der Waals surface area (Å²) in [6, 6.07) is 15.1. The molecule has 22 heavy (non-hydrogen) atoms. The predicted octanol–water partition coefficient (Wildman–Crippen LogP) is 3.05. The molecule has 0 heterocycles. The molecule has 0 aliphatic carbocycles. The summed E-state index contributed by atoms with van der Waals surface area (Å²) in [6.45, 7) is 1.92. The first-order valence-corrected chi connectivity index (χ1v) is 7.70. The fourth-order valence-electron chi connectivity index (χ4n) is 1.94. The first-order chi connectivity index (χ1) is 10.5. The third kappa shape index (κ3) is 5.00. The third-order valence-corrected chi connectivity index (χ3v) is 3.71. The lowest BCUT2D eigenvalue weighted by Crippen LogP contribution is -2.33. The lowest BCUT2D eigenvalue weighted by molar-refractivity contribution is -0.123. The standard InChI is InChI=1S/C17H17BrN2O2/c1-12-7-8-15(14(18)9-12)20-17(22)11-19-16(21)10-13-5-3-2-4-6-13/h2-9H,10-11H2,1H3,(H,19,21)(H,20,22). The second-order valence-electron chi connectivity index (χ2n) is 4.97. The van der Waals surface area contributed by atoms with E-state index in [9.17, 15) is 9.59 Å². The molecule has 0 saturated carbocycles. The van der Waals surface area contributed by atoms with Gasteiger partial charge in [0.2, 0.25) is 11.8 Å². The molecule has 4 nitrogen and oxygen atoms in total. The van der Waals surface area contributed by atoms with E-state index in [0.29, 0.717) is 5.69 Å². The van der Waals surface area contributed by atoms with Gasteiger partial charge < -0.3 is 10.6 Å². The molecule has 0 unspecified atom stereocenters. The highest BCUT2D eigenvalue weighted by Gasteiger charge is 2.08. The van der Waals surface area contributed by atoms with Crippen molar-refractivity contribution in [2.75, 3.05) is 11.9 Å². The normalized spacial score (nSPS) is 10.1. The van der Waals surface area contributed by atoms with E-state index in [1.165, 1.54) is 0 Å². The number of hydrogen-bond donors (Lipinski definition) is 2. The molecule has 0 atom stereocenters. The van der Waals surface area contributed by atoms with E-state index in [4.69, 9.17) is 0 Å². The number of benzene rings is 2. The summed E-state index contributed by atoms with van der Waals surface area (Å²) in [6.07, 6.45) is 0.266. The average molecular weight is 361 g/mol. The van der Waals surface area contributed by atoms with Crippen molar-refractivity contribution in [2.24, 2.45) is 0 Å². The maximum absolute atomic E-state index is 11.9. The van der Waals surface area contributed by atoms with Crippen LogP contribution in [-0.4, -0.2) is 18.4 Å². The van der Waals surface area contributed by atoms with Gasteiger partial charge in [-0.2, -0.15) is 0 Å². The molecule has 2 aromatic rings. The van der Waals surface area contributed by atoms with Gasteiger partial charge in [-0.05, 0) is 46.1 Å². The van der Waals surface area contributed by atoms with Crippen LogP contribution in [0.1, 0.15) is 11.1 Å². The minimum Gasteiger partial charge on any atom is -0.347 e. The molecule has 114 valence electrons. The Bertz CT molecular complexity index is 672. The second-order valence-corrected chi connectivity index (χ2v) is 5.82. The van der Waals surface area contributed by atoms with Crippen molar-refractivity contribution < 1.29 is 9.59 Å². The Morgan fingerprint density at radius 3 is 2.45 bits per heavy atom. The molecule has 0 aliphatic heterocycles. The van der Waals surface area contributed by atoms with Crippen LogP contribution in [0.4, 0.5) is 5.69 Å². The van der Waals surface area contributed by atoms with Crippen LogP contribution in [0.3, 0.4) is 0 Å². The fraction of sp³-hybridized carbons (Fsp3) is 0.176. The molecular weight excluding hydrogens is 344 g/mol. The Morgan fingerprint density at radius 2 is 1.77 bits per heavy atom. The molecule has 2 rings (SSSR count). The van der Waals surface area contributed by atoms with Gasteiger partial charge in [-0.15, -0.1) is 0 Å². The van der Waals surface area contributed by atoms with Crippen LogP contribution in [0.5, 0.6) is 0 Å². The highest BCUT2D eigenvalue weighted by molar-refractivity contribution is 9.10. The third-order valence-electron chi connectivity index (χ3n) is 3.05. The van der Waals surface area contributed by atoms with Crippen LogP contribution in [0.15, 0.2) is 53.0 Å². The topological polar surface area (TPSA) is 58.2 Å². The van der Waals surface area contributed by atoms with Crippen molar-refractivity contribution in [3.05, 3.63) is 64.1 Å². The molecule has 2 aromatic carbocycles. The number of nitrogens with one attached hydrogen (secondary N) is 2. The SMILES string of the molecule is Cc1ccc(NC(=O)CNC(=O)Cc2ccccc2)c(Br)c1. The van der Waals surface area contributed by atoms with Gasteiger partial charge in [0, 0.05) is 4.47 Å².